The zero-order valence-corrected chi connectivity index (χ0v) is 11.3. The van der Waals surface area contributed by atoms with Crippen molar-refractivity contribution in [2.24, 2.45) is 0 Å². The number of carbonyl (C=O) groups excluding carboxylic acids is 1. The molecule has 0 saturated carbocycles. The summed E-state index contributed by atoms with van der Waals surface area (Å²) in [5.41, 5.74) is 0.456. The number of nitrogens with zero attached hydrogens (tertiary/aromatic N) is 2. The van der Waals surface area contributed by atoms with Crippen LogP contribution < -0.4 is 4.74 Å². The monoisotopic (exact) mass is 306 g/mol. The van der Waals surface area contributed by atoms with E-state index in [1.54, 1.807) is 30.6 Å². The molecule has 2 aromatic heterocycles. The summed E-state index contributed by atoms with van der Waals surface area (Å²) in [5.74, 6) is 1.20. The van der Waals surface area contributed by atoms with Crippen LogP contribution in [-0.4, -0.2) is 15.8 Å². The third kappa shape index (κ3) is 3.13. The maximum atomic E-state index is 11.4. The van der Waals surface area contributed by atoms with Gasteiger partial charge >= 0.3 is 0 Å². The van der Waals surface area contributed by atoms with E-state index in [9.17, 15) is 4.79 Å². The van der Waals surface area contributed by atoms with Crippen LogP contribution in [0.3, 0.4) is 0 Å². The van der Waals surface area contributed by atoms with Crippen molar-refractivity contribution >= 4 is 21.7 Å². The molecule has 0 N–H and O–H groups in total. The average Bonchev–Trinajstić information content (AvgIpc) is 2.39. The van der Waals surface area contributed by atoms with Crippen molar-refractivity contribution in [3.63, 3.8) is 0 Å². The Kier molecular flexibility index (Phi) is 4.04. The van der Waals surface area contributed by atoms with Gasteiger partial charge in [-0.2, -0.15) is 0 Å². The summed E-state index contributed by atoms with van der Waals surface area (Å²) in [6, 6.07) is 5.18. The second-order valence-electron chi connectivity index (χ2n) is 3.60. The zero-order valence-electron chi connectivity index (χ0n) is 9.76. The first-order valence-electron chi connectivity index (χ1n) is 5.46. The number of carbonyl (C=O) groups is 1. The molecule has 0 unspecified atom stereocenters. The van der Waals surface area contributed by atoms with Crippen molar-refractivity contribution in [2.45, 2.75) is 13.3 Å². The van der Waals surface area contributed by atoms with Crippen molar-refractivity contribution in [3.8, 4) is 11.5 Å². The Labute approximate surface area is 113 Å². The minimum atomic E-state index is 0.0191. The van der Waals surface area contributed by atoms with E-state index in [-0.39, 0.29) is 5.78 Å². The number of rotatable bonds is 4. The van der Waals surface area contributed by atoms with Gasteiger partial charge in [-0.1, -0.05) is 6.92 Å². The largest absolute Gasteiger partial charge is 0.454 e. The number of hydrogen-bond acceptors (Lipinski definition) is 4. The molecule has 5 heteroatoms. The molecular formula is C13H11BrN2O2. The van der Waals surface area contributed by atoms with Crippen LogP contribution >= 0.6 is 15.9 Å². The highest BCUT2D eigenvalue weighted by atomic mass is 79.9. The van der Waals surface area contributed by atoms with Crippen LogP contribution in [0.5, 0.6) is 11.5 Å². The number of halogens is 1. The minimum Gasteiger partial charge on any atom is -0.454 e. The second-order valence-corrected chi connectivity index (χ2v) is 4.51. The Morgan fingerprint density at radius 2 is 2.11 bits per heavy atom. The molecule has 0 radical (unpaired) electrons. The van der Waals surface area contributed by atoms with E-state index in [0.717, 1.165) is 4.47 Å². The van der Waals surface area contributed by atoms with E-state index in [1.807, 2.05) is 6.92 Å². The van der Waals surface area contributed by atoms with E-state index in [2.05, 4.69) is 25.9 Å². The Morgan fingerprint density at radius 1 is 1.28 bits per heavy atom. The molecule has 0 bridgehead atoms. The lowest BCUT2D eigenvalue weighted by atomic mass is 10.2. The van der Waals surface area contributed by atoms with Gasteiger partial charge in [-0.3, -0.25) is 9.78 Å². The minimum absolute atomic E-state index is 0.0191. The molecule has 0 aliphatic heterocycles. The zero-order chi connectivity index (χ0) is 13.0. The van der Waals surface area contributed by atoms with Crippen molar-refractivity contribution in [1.29, 1.82) is 0 Å². The molecule has 0 aromatic carbocycles. The highest BCUT2D eigenvalue weighted by molar-refractivity contribution is 9.10. The van der Waals surface area contributed by atoms with Crippen molar-refractivity contribution in [2.75, 3.05) is 0 Å². The number of Topliss-reactive ketones (excluding diaryl/α,β-unsaturated/α-hetero) is 1. The molecule has 2 rings (SSSR count). The number of ether oxygens (including phenoxy) is 1. The van der Waals surface area contributed by atoms with Gasteiger partial charge in [0.15, 0.2) is 5.78 Å². The number of ketones is 1. The summed E-state index contributed by atoms with van der Waals surface area (Å²) >= 11 is 3.31. The van der Waals surface area contributed by atoms with Crippen LogP contribution in [0.2, 0.25) is 0 Å². The Hall–Kier alpha value is -1.75. The molecule has 0 saturated heterocycles. The summed E-state index contributed by atoms with van der Waals surface area (Å²) < 4.78 is 6.40. The molecule has 0 fully saturated rings. The number of aromatic nitrogens is 2. The van der Waals surface area contributed by atoms with Gasteiger partial charge < -0.3 is 4.74 Å². The highest BCUT2D eigenvalue weighted by Gasteiger charge is 2.05. The van der Waals surface area contributed by atoms with Gasteiger partial charge in [-0.25, -0.2) is 4.98 Å². The third-order valence-electron chi connectivity index (χ3n) is 2.26. The summed E-state index contributed by atoms with van der Waals surface area (Å²) in [6.45, 7) is 1.81. The molecular weight excluding hydrogens is 296 g/mol. The third-order valence-corrected chi connectivity index (χ3v) is 2.69. The Balaban J connectivity index is 2.13. The molecule has 0 amide bonds. The normalized spacial score (nSPS) is 10.1. The smallest absolute Gasteiger partial charge is 0.180 e. The molecule has 2 aromatic rings. The lowest BCUT2D eigenvalue weighted by Gasteiger charge is -2.05. The Bertz CT molecular complexity index is 555. The van der Waals surface area contributed by atoms with E-state index in [4.69, 9.17) is 4.74 Å². The number of hydrogen-bond donors (Lipinski definition) is 0. The SMILES string of the molecule is CCC(=O)c1ccc(Oc2cncc(Br)c2)cn1. The fourth-order valence-electron chi connectivity index (χ4n) is 1.37. The lowest BCUT2D eigenvalue weighted by molar-refractivity contribution is 0.0983. The first-order chi connectivity index (χ1) is 8.69. The molecule has 0 aliphatic carbocycles. The van der Waals surface area contributed by atoms with Crippen molar-refractivity contribution in [1.82, 2.24) is 9.97 Å². The molecule has 4 nitrogen and oxygen atoms in total. The van der Waals surface area contributed by atoms with Gasteiger partial charge in [0.1, 0.15) is 17.2 Å². The highest BCUT2D eigenvalue weighted by Crippen LogP contribution is 2.22. The maximum absolute atomic E-state index is 11.4. The summed E-state index contributed by atoms with van der Waals surface area (Å²) in [7, 11) is 0. The molecule has 0 aliphatic rings. The fraction of sp³-hybridized carbons (Fsp3) is 0.154. The van der Waals surface area contributed by atoms with Gasteiger partial charge in [0.05, 0.1) is 12.4 Å². The van der Waals surface area contributed by atoms with Crippen LogP contribution in [0.1, 0.15) is 23.8 Å². The molecule has 0 atom stereocenters. The molecule has 18 heavy (non-hydrogen) atoms. The number of pyridine rings is 2. The van der Waals surface area contributed by atoms with Gasteiger partial charge in [-0.05, 0) is 34.1 Å². The summed E-state index contributed by atoms with van der Waals surface area (Å²) in [6.07, 6.45) is 5.26. The molecule has 0 spiro atoms. The van der Waals surface area contributed by atoms with Crippen LogP contribution in [0, 0.1) is 0 Å². The van der Waals surface area contributed by atoms with E-state index < -0.39 is 0 Å². The van der Waals surface area contributed by atoms with Crippen LogP contribution in [0.15, 0.2) is 41.3 Å². The molecule has 2 heterocycles. The lowest BCUT2D eigenvalue weighted by Crippen LogP contribution is -1.99. The molecule has 92 valence electrons. The quantitative estimate of drug-likeness (QED) is 0.810. The van der Waals surface area contributed by atoms with Crippen molar-refractivity contribution in [3.05, 3.63) is 47.0 Å². The van der Waals surface area contributed by atoms with Crippen LogP contribution in [0.4, 0.5) is 0 Å². The van der Waals surface area contributed by atoms with Gasteiger partial charge in [-0.15, -0.1) is 0 Å². The van der Waals surface area contributed by atoms with Crippen LogP contribution in [0.25, 0.3) is 0 Å². The van der Waals surface area contributed by atoms with E-state index in [1.165, 1.54) is 6.20 Å². The Morgan fingerprint density at radius 3 is 2.72 bits per heavy atom. The van der Waals surface area contributed by atoms with E-state index >= 15 is 0 Å². The standard InChI is InChI=1S/C13H11BrN2O2/c1-2-13(17)12-4-3-10(8-16-12)18-11-5-9(14)6-15-7-11/h3-8H,2H2,1H3. The fourth-order valence-corrected chi connectivity index (χ4v) is 1.71. The first-order valence-corrected chi connectivity index (χ1v) is 6.26. The summed E-state index contributed by atoms with van der Waals surface area (Å²) in [5, 5.41) is 0. The van der Waals surface area contributed by atoms with E-state index in [0.29, 0.717) is 23.6 Å². The predicted molar refractivity (Wildman–Crippen MR) is 70.9 cm³/mol. The summed E-state index contributed by atoms with van der Waals surface area (Å²) in [4.78, 5) is 19.5. The second kappa shape index (κ2) is 5.73. The average molecular weight is 307 g/mol. The predicted octanol–water partition coefficient (Wildman–Crippen LogP) is 3.62. The van der Waals surface area contributed by atoms with Gasteiger partial charge in [0, 0.05) is 17.1 Å². The van der Waals surface area contributed by atoms with Crippen molar-refractivity contribution < 1.29 is 9.53 Å². The topological polar surface area (TPSA) is 52.1 Å². The van der Waals surface area contributed by atoms with Gasteiger partial charge in [0.25, 0.3) is 0 Å². The van der Waals surface area contributed by atoms with Crippen LogP contribution in [-0.2, 0) is 0 Å². The maximum Gasteiger partial charge on any atom is 0.180 e. The van der Waals surface area contributed by atoms with Gasteiger partial charge in [0.2, 0.25) is 0 Å². The first kappa shape index (κ1) is 12.7.